The van der Waals surface area contributed by atoms with Crippen molar-refractivity contribution in [2.75, 3.05) is 23.3 Å². The highest BCUT2D eigenvalue weighted by atomic mass is 19.4. The van der Waals surface area contributed by atoms with Crippen LogP contribution in [0.1, 0.15) is 18.4 Å². The number of aromatic hydroxyl groups is 1. The van der Waals surface area contributed by atoms with E-state index in [1.807, 2.05) is 0 Å². The molecule has 7 nitrogen and oxygen atoms in total. The van der Waals surface area contributed by atoms with Crippen LogP contribution in [0, 0.1) is 5.92 Å². The van der Waals surface area contributed by atoms with Gasteiger partial charge in [0.1, 0.15) is 11.6 Å². The third-order valence-corrected chi connectivity index (χ3v) is 5.21. The first-order valence-electron chi connectivity index (χ1n) is 10.0. The number of nitrogens with one attached hydrogen (secondary N) is 1. The fourth-order valence-electron chi connectivity index (χ4n) is 3.68. The first-order valence-corrected chi connectivity index (χ1v) is 10.0. The highest BCUT2D eigenvalue weighted by Crippen LogP contribution is 2.36. The summed E-state index contributed by atoms with van der Waals surface area (Å²) in [6.07, 6.45) is 0.821. The zero-order chi connectivity index (χ0) is 22.7. The third kappa shape index (κ3) is 4.79. The zero-order valence-electron chi connectivity index (χ0n) is 16.9. The van der Waals surface area contributed by atoms with E-state index in [9.17, 15) is 23.1 Å². The Morgan fingerprint density at radius 3 is 2.62 bits per heavy atom. The summed E-state index contributed by atoms with van der Waals surface area (Å²) >= 11 is 0. The molecule has 1 unspecified atom stereocenters. The van der Waals surface area contributed by atoms with Gasteiger partial charge in [-0.15, -0.1) is 0 Å². The lowest BCUT2D eigenvalue weighted by Crippen LogP contribution is -2.42. The maximum atomic E-state index is 13.4. The second kappa shape index (κ2) is 8.81. The van der Waals surface area contributed by atoms with Crippen molar-refractivity contribution >= 4 is 17.4 Å². The summed E-state index contributed by atoms with van der Waals surface area (Å²) in [5, 5.41) is 12.3. The Hall–Kier alpha value is -3.69. The molecule has 32 heavy (non-hydrogen) atoms. The second-order valence-electron chi connectivity index (χ2n) is 7.49. The lowest BCUT2D eigenvalue weighted by Gasteiger charge is -2.34. The van der Waals surface area contributed by atoms with Gasteiger partial charge in [0.2, 0.25) is 5.91 Å². The second-order valence-corrected chi connectivity index (χ2v) is 7.49. The van der Waals surface area contributed by atoms with Gasteiger partial charge in [-0.05, 0) is 37.1 Å². The van der Waals surface area contributed by atoms with E-state index in [0.29, 0.717) is 36.5 Å². The van der Waals surface area contributed by atoms with E-state index in [1.165, 1.54) is 41.7 Å². The number of carbonyl (C=O) groups excluding carboxylic acids is 1. The Morgan fingerprint density at radius 2 is 1.91 bits per heavy atom. The van der Waals surface area contributed by atoms with Crippen LogP contribution in [0.2, 0.25) is 0 Å². The topological polar surface area (TPSA) is 91.2 Å². The first kappa shape index (κ1) is 21.5. The number of phenols is 1. The smallest absolute Gasteiger partial charge is 0.419 e. The number of hydrogen-bond acceptors (Lipinski definition) is 6. The van der Waals surface area contributed by atoms with Gasteiger partial charge in [0.25, 0.3) is 0 Å². The maximum absolute atomic E-state index is 13.4. The van der Waals surface area contributed by atoms with E-state index in [4.69, 9.17) is 0 Å². The number of piperidine rings is 1. The molecule has 3 heterocycles. The quantitative estimate of drug-likeness (QED) is 0.631. The number of amides is 1. The van der Waals surface area contributed by atoms with Crippen molar-refractivity contribution in [3.8, 4) is 17.1 Å². The van der Waals surface area contributed by atoms with E-state index in [-0.39, 0.29) is 24.0 Å². The highest BCUT2D eigenvalue weighted by molar-refractivity contribution is 5.92. The van der Waals surface area contributed by atoms with Crippen molar-refractivity contribution in [3.63, 3.8) is 0 Å². The van der Waals surface area contributed by atoms with Crippen LogP contribution in [-0.4, -0.2) is 39.1 Å². The van der Waals surface area contributed by atoms with Crippen molar-refractivity contribution < 1.29 is 23.1 Å². The van der Waals surface area contributed by atoms with E-state index in [1.54, 1.807) is 12.1 Å². The van der Waals surface area contributed by atoms with Gasteiger partial charge in [0.05, 0.1) is 29.6 Å². The van der Waals surface area contributed by atoms with E-state index in [0.717, 1.165) is 6.07 Å². The van der Waals surface area contributed by atoms with Gasteiger partial charge in [-0.25, -0.2) is 15.0 Å². The molecular formula is C22H20F3N5O2. The fourth-order valence-corrected chi connectivity index (χ4v) is 3.68. The molecule has 2 aromatic heterocycles. The number of aromatic nitrogens is 3. The van der Waals surface area contributed by atoms with Crippen LogP contribution in [0.4, 0.5) is 24.7 Å². The van der Waals surface area contributed by atoms with E-state index < -0.39 is 17.7 Å². The first-order chi connectivity index (χ1) is 15.3. The number of rotatable bonds is 4. The summed E-state index contributed by atoms with van der Waals surface area (Å²) in [5.74, 6) is -0.494. The fraction of sp³-hybridized carbons (Fsp3) is 0.273. The molecular weight excluding hydrogens is 423 g/mol. The van der Waals surface area contributed by atoms with Crippen molar-refractivity contribution in [1.82, 2.24) is 15.0 Å². The predicted molar refractivity (Wildman–Crippen MR) is 112 cm³/mol. The van der Waals surface area contributed by atoms with E-state index in [2.05, 4.69) is 20.3 Å². The average Bonchev–Trinajstić information content (AvgIpc) is 2.79. The van der Waals surface area contributed by atoms with E-state index >= 15 is 0 Å². The third-order valence-electron chi connectivity index (χ3n) is 5.21. The summed E-state index contributed by atoms with van der Waals surface area (Å²) < 4.78 is 40.1. The minimum atomic E-state index is -4.52. The maximum Gasteiger partial charge on any atom is 0.419 e. The van der Waals surface area contributed by atoms with Crippen molar-refractivity contribution in [3.05, 3.63) is 60.6 Å². The largest absolute Gasteiger partial charge is 0.508 e. The molecule has 1 atom stereocenters. The summed E-state index contributed by atoms with van der Waals surface area (Å²) in [4.78, 5) is 26.6. The minimum Gasteiger partial charge on any atom is -0.508 e. The Bertz CT molecular complexity index is 1110. The Morgan fingerprint density at radius 1 is 1.12 bits per heavy atom. The number of halogens is 3. The molecule has 3 aromatic rings. The lowest BCUT2D eigenvalue weighted by atomic mass is 9.96. The Labute approximate surface area is 182 Å². The van der Waals surface area contributed by atoms with Crippen LogP contribution in [-0.2, 0) is 11.0 Å². The molecule has 10 heteroatoms. The molecule has 1 aromatic carbocycles. The number of benzene rings is 1. The number of hydrogen-bond donors (Lipinski definition) is 2. The Balaban J connectivity index is 1.44. The standard InChI is InChI=1S/C22H20F3N5O2/c23-22(24,25)18-7-2-8-26-20(18)30-9-3-5-15(13-30)21(32)29-16-11-27-19(28-12-16)14-4-1-6-17(31)10-14/h1-2,4,6-8,10-12,15,31H,3,5,9,13H2,(H,29,32). The van der Waals surface area contributed by atoms with Gasteiger partial charge in [-0.2, -0.15) is 13.2 Å². The molecule has 4 rings (SSSR count). The lowest BCUT2D eigenvalue weighted by molar-refractivity contribution is -0.137. The number of carbonyl (C=O) groups is 1. The van der Waals surface area contributed by atoms with Crippen LogP contribution in [0.25, 0.3) is 11.4 Å². The van der Waals surface area contributed by atoms with Crippen LogP contribution in [0.15, 0.2) is 55.0 Å². The molecule has 0 radical (unpaired) electrons. The number of phenolic OH excluding ortho intramolecular Hbond substituents is 1. The van der Waals surface area contributed by atoms with Crippen LogP contribution in [0.5, 0.6) is 5.75 Å². The molecule has 1 aliphatic heterocycles. The van der Waals surface area contributed by atoms with Gasteiger partial charge in [0.15, 0.2) is 5.82 Å². The van der Waals surface area contributed by atoms with Crippen LogP contribution < -0.4 is 10.2 Å². The number of pyridine rings is 1. The molecule has 0 aliphatic carbocycles. The predicted octanol–water partition coefficient (Wildman–Crippen LogP) is 4.12. The number of nitrogens with zero attached hydrogens (tertiary/aromatic N) is 4. The average molecular weight is 443 g/mol. The van der Waals surface area contributed by atoms with Crippen LogP contribution >= 0.6 is 0 Å². The molecule has 2 N–H and O–H groups in total. The van der Waals surface area contributed by atoms with Gasteiger partial charge >= 0.3 is 6.18 Å². The van der Waals surface area contributed by atoms with Crippen molar-refractivity contribution in [2.24, 2.45) is 5.92 Å². The summed E-state index contributed by atoms with van der Waals surface area (Å²) in [6.45, 7) is 0.528. The molecule has 1 aliphatic rings. The van der Waals surface area contributed by atoms with Crippen LogP contribution in [0.3, 0.4) is 0 Å². The van der Waals surface area contributed by atoms with Gasteiger partial charge in [-0.1, -0.05) is 12.1 Å². The monoisotopic (exact) mass is 443 g/mol. The molecule has 1 amide bonds. The normalized spacial score (nSPS) is 16.6. The molecule has 1 saturated heterocycles. The molecule has 0 saturated carbocycles. The van der Waals surface area contributed by atoms with Gasteiger partial charge in [0, 0.05) is 24.8 Å². The minimum absolute atomic E-state index is 0.0897. The molecule has 0 bridgehead atoms. The van der Waals surface area contributed by atoms with Crippen molar-refractivity contribution in [1.29, 1.82) is 0 Å². The molecule has 0 spiro atoms. The summed E-state index contributed by atoms with van der Waals surface area (Å²) in [7, 11) is 0. The summed E-state index contributed by atoms with van der Waals surface area (Å²) in [5.41, 5.74) is 0.198. The Kier molecular flexibility index (Phi) is 5.93. The number of alkyl halides is 3. The molecule has 166 valence electrons. The highest BCUT2D eigenvalue weighted by Gasteiger charge is 2.37. The SMILES string of the molecule is O=C(Nc1cnc(-c2cccc(O)c2)nc1)C1CCCN(c2ncccc2C(F)(F)F)C1. The summed E-state index contributed by atoms with van der Waals surface area (Å²) in [6, 6.07) is 8.73. The van der Waals surface area contributed by atoms with Crippen molar-refractivity contribution in [2.45, 2.75) is 19.0 Å². The number of anilines is 2. The van der Waals surface area contributed by atoms with Gasteiger partial charge < -0.3 is 15.3 Å². The van der Waals surface area contributed by atoms with Gasteiger partial charge in [-0.3, -0.25) is 4.79 Å². The molecule has 1 fully saturated rings. The zero-order valence-corrected chi connectivity index (χ0v) is 16.9.